The van der Waals surface area contributed by atoms with Gasteiger partial charge in [0.2, 0.25) is 5.91 Å². The summed E-state index contributed by atoms with van der Waals surface area (Å²) in [5.74, 6) is -0.433. The van der Waals surface area contributed by atoms with Gasteiger partial charge in [-0.1, -0.05) is 78.0 Å². The summed E-state index contributed by atoms with van der Waals surface area (Å²) in [7, 11) is 0. The number of carbonyl (C=O) groups excluding carboxylic acids is 1. The molecule has 178 valence electrons. The number of amides is 1. The maximum absolute atomic E-state index is 12.7. The number of thioether (sulfide) groups is 1. The van der Waals surface area contributed by atoms with Gasteiger partial charge in [0.05, 0.1) is 21.9 Å². The smallest absolute Gasteiger partial charge is 0.274 e. The number of pyridine rings is 1. The topological polar surface area (TPSA) is 109 Å². The second-order valence-electron chi connectivity index (χ2n) is 7.79. The van der Waals surface area contributed by atoms with Crippen molar-refractivity contribution in [3.63, 3.8) is 0 Å². The summed E-state index contributed by atoms with van der Waals surface area (Å²) in [4.78, 5) is 28.1. The fourth-order valence-corrected chi connectivity index (χ4v) is 4.64. The Hall–Kier alpha value is -4.19. The molecule has 1 heterocycles. The molecule has 0 spiro atoms. The van der Waals surface area contributed by atoms with E-state index in [1.54, 1.807) is 25.1 Å². The highest BCUT2D eigenvalue weighted by molar-refractivity contribution is 8.00. The second-order valence-corrected chi connectivity index (χ2v) is 9.16. The summed E-state index contributed by atoms with van der Waals surface area (Å²) in [5.41, 5.74) is 3.86. The molecule has 0 aliphatic carbocycles. The van der Waals surface area contributed by atoms with Crippen LogP contribution in [0.1, 0.15) is 11.1 Å². The van der Waals surface area contributed by atoms with Crippen LogP contribution in [0.15, 0.2) is 83.9 Å². The summed E-state index contributed by atoms with van der Waals surface area (Å²) < 4.78 is 0. The van der Waals surface area contributed by atoms with E-state index in [9.17, 15) is 20.2 Å². The van der Waals surface area contributed by atoms with E-state index in [1.165, 1.54) is 6.07 Å². The predicted octanol–water partition coefficient (Wildman–Crippen LogP) is 6.89. The molecule has 1 aromatic heterocycles. The molecule has 0 atom stereocenters. The summed E-state index contributed by atoms with van der Waals surface area (Å²) in [6.45, 7) is 1.63. The first-order chi connectivity index (χ1) is 17.4. The average molecular weight is 515 g/mol. The van der Waals surface area contributed by atoms with Gasteiger partial charge in [0.15, 0.2) is 0 Å². The van der Waals surface area contributed by atoms with E-state index >= 15 is 0 Å². The van der Waals surface area contributed by atoms with Crippen LogP contribution in [-0.4, -0.2) is 21.6 Å². The number of nitrogens with zero attached hydrogens (tertiary/aromatic N) is 3. The monoisotopic (exact) mass is 514 g/mol. The molecule has 7 nitrogen and oxygen atoms in total. The largest absolute Gasteiger partial charge is 0.325 e. The van der Waals surface area contributed by atoms with Crippen molar-refractivity contribution in [3.8, 4) is 28.5 Å². The van der Waals surface area contributed by atoms with Crippen LogP contribution in [0, 0.1) is 28.4 Å². The molecule has 0 aliphatic heterocycles. The van der Waals surface area contributed by atoms with Crippen LogP contribution in [0.25, 0.3) is 22.4 Å². The number of nitrogens with one attached hydrogen (secondary N) is 1. The Bertz CT molecular complexity index is 1500. The van der Waals surface area contributed by atoms with Gasteiger partial charge in [0, 0.05) is 39.0 Å². The van der Waals surface area contributed by atoms with E-state index < -0.39 is 4.92 Å². The van der Waals surface area contributed by atoms with Crippen LogP contribution in [-0.2, 0) is 4.79 Å². The Morgan fingerprint density at radius 2 is 1.81 bits per heavy atom. The number of benzene rings is 3. The number of hydrogen-bond acceptors (Lipinski definition) is 6. The van der Waals surface area contributed by atoms with Crippen molar-refractivity contribution in [2.45, 2.75) is 11.9 Å². The third kappa shape index (κ3) is 5.54. The van der Waals surface area contributed by atoms with Gasteiger partial charge >= 0.3 is 0 Å². The standard InChI is InChI=1S/C27H19ClN4O3S/c1-17-11-12-19(13-25(17)32(34)35)30-26(33)16-36-27-22(15-29)21(20-9-5-6-10-23(20)28)14-24(31-27)18-7-3-2-4-8-18/h2-14H,16H2,1H3,(H,30,33). The average Bonchev–Trinajstić information content (AvgIpc) is 2.88. The molecule has 1 amide bonds. The van der Waals surface area contributed by atoms with Crippen molar-refractivity contribution in [3.05, 3.63) is 105 Å². The van der Waals surface area contributed by atoms with Gasteiger partial charge in [-0.3, -0.25) is 14.9 Å². The maximum atomic E-state index is 12.7. The minimum Gasteiger partial charge on any atom is -0.325 e. The van der Waals surface area contributed by atoms with Crippen LogP contribution >= 0.6 is 23.4 Å². The number of carbonyl (C=O) groups is 1. The van der Waals surface area contributed by atoms with E-state index in [0.717, 1.165) is 17.3 Å². The quantitative estimate of drug-likeness (QED) is 0.163. The molecule has 0 fully saturated rings. The van der Waals surface area contributed by atoms with E-state index in [1.807, 2.05) is 54.6 Å². The molecule has 3 aromatic carbocycles. The van der Waals surface area contributed by atoms with Crippen molar-refractivity contribution in [2.24, 2.45) is 0 Å². The van der Waals surface area contributed by atoms with Crippen LogP contribution in [0.4, 0.5) is 11.4 Å². The zero-order valence-electron chi connectivity index (χ0n) is 19.1. The number of nitro benzene ring substituents is 1. The van der Waals surface area contributed by atoms with E-state index in [0.29, 0.717) is 43.7 Å². The predicted molar refractivity (Wildman–Crippen MR) is 142 cm³/mol. The molecule has 4 aromatic rings. The van der Waals surface area contributed by atoms with Gasteiger partial charge in [-0.05, 0) is 25.1 Å². The van der Waals surface area contributed by atoms with Gasteiger partial charge in [-0.15, -0.1) is 0 Å². The number of aromatic nitrogens is 1. The first-order valence-corrected chi connectivity index (χ1v) is 12.2. The molecule has 0 radical (unpaired) electrons. The van der Waals surface area contributed by atoms with Crippen molar-refractivity contribution < 1.29 is 9.72 Å². The highest BCUT2D eigenvalue weighted by Gasteiger charge is 2.19. The highest BCUT2D eigenvalue weighted by Crippen LogP contribution is 2.37. The zero-order chi connectivity index (χ0) is 25.7. The zero-order valence-corrected chi connectivity index (χ0v) is 20.6. The van der Waals surface area contributed by atoms with Crippen molar-refractivity contribution in [2.75, 3.05) is 11.1 Å². The molecule has 0 unspecified atom stereocenters. The lowest BCUT2D eigenvalue weighted by molar-refractivity contribution is -0.385. The lowest BCUT2D eigenvalue weighted by Gasteiger charge is -2.13. The minimum atomic E-state index is -0.492. The third-order valence-corrected chi connectivity index (χ3v) is 6.67. The highest BCUT2D eigenvalue weighted by atomic mass is 35.5. The molecule has 1 N–H and O–H groups in total. The van der Waals surface area contributed by atoms with Crippen LogP contribution in [0.3, 0.4) is 0 Å². The Morgan fingerprint density at radius 1 is 1.08 bits per heavy atom. The number of hydrogen-bond donors (Lipinski definition) is 1. The van der Waals surface area contributed by atoms with Crippen LogP contribution in [0.5, 0.6) is 0 Å². The lowest BCUT2D eigenvalue weighted by atomic mass is 9.99. The number of halogens is 1. The van der Waals surface area contributed by atoms with Gasteiger partial charge < -0.3 is 5.32 Å². The van der Waals surface area contributed by atoms with Gasteiger partial charge in [-0.25, -0.2) is 4.98 Å². The fourth-order valence-electron chi connectivity index (χ4n) is 3.60. The second kappa shape index (κ2) is 11.0. The summed E-state index contributed by atoms with van der Waals surface area (Å²) in [5, 5.41) is 24.8. The molecular weight excluding hydrogens is 496 g/mol. The minimum absolute atomic E-state index is 0.0520. The Balaban J connectivity index is 1.67. The lowest BCUT2D eigenvalue weighted by Crippen LogP contribution is -2.14. The Morgan fingerprint density at radius 3 is 2.50 bits per heavy atom. The Labute approximate surface area is 216 Å². The van der Waals surface area contributed by atoms with E-state index in [-0.39, 0.29) is 17.3 Å². The Kier molecular flexibility index (Phi) is 7.64. The van der Waals surface area contributed by atoms with E-state index in [2.05, 4.69) is 16.4 Å². The third-order valence-electron chi connectivity index (χ3n) is 5.36. The molecule has 9 heteroatoms. The number of aryl methyl sites for hydroxylation is 1. The first-order valence-electron chi connectivity index (χ1n) is 10.8. The molecule has 36 heavy (non-hydrogen) atoms. The molecule has 0 aliphatic rings. The number of anilines is 1. The fraction of sp³-hybridized carbons (Fsp3) is 0.0741. The normalized spacial score (nSPS) is 10.5. The maximum Gasteiger partial charge on any atom is 0.274 e. The van der Waals surface area contributed by atoms with Crippen LogP contribution < -0.4 is 5.32 Å². The first kappa shape index (κ1) is 24.9. The molecule has 0 saturated carbocycles. The van der Waals surface area contributed by atoms with Crippen molar-refractivity contribution in [1.82, 2.24) is 4.98 Å². The molecule has 0 bridgehead atoms. The number of nitriles is 1. The summed E-state index contributed by atoms with van der Waals surface area (Å²) in [6, 6.07) is 25.3. The number of rotatable bonds is 7. The van der Waals surface area contributed by atoms with Gasteiger partial charge in [-0.2, -0.15) is 5.26 Å². The number of nitro groups is 1. The van der Waals surface area contributed by atoms with Crippen molar-refractivity contribution in [1.29, 1.82) is 5.26 Å². The van der Waals surface area contributed by atoms with Crippen molar-refractivity contribution >= 4 is 40.6 Å². The van der Waals surface area contributed by atoms with E-state index in [4.69, 9.17) is 11.6 Å². The summed E-state index contributed by atoms with van der Waals surface area (Å²) >= 11 is 7.57. The SMILES string of the molecule is Cc1ccc(NC(=O)CSc2nc(-c3ccccc3)cc(-c3ccccc3Cl)c2C#N)cc1[N+](=O)[O-]. The molecule has 0 saturated heterocycles. The van der Waals surface area contributed by atoms with Gasteiger partial charge in [0.1, 0.15) is 11.1 Å². The molecule has 4 rings (SSSR count). The van der Waals surface area contributed by atoms with Gasteiger partial charge in [0.25, 0.3) is 5.69 Å². The molecular formula is C27H19ClN4O3S. The summed E-state index contributed by atoms with van der Waals surface area (Å²) in [6.07, 6.45) is 0. The van der Waals surface area contributed by atoms with Crippen LogP contribution in [0.2, 0.25) is 5.02 Å².